The van der Waals surface area contributed by atoms with Crippen LogP contribution in [0.25, 0.3) is 6.08 Å². The summed E-state index contributed by atoms with van der Waals surface area (Å²) >= 11 is 0. The summed E-state index contributed by atoms with van der Waals surface area (Å²) in [6, 6.07) is 5.06. The van der Waals surface area contributed by atoms with Crippen molar-refractivity contribution in [2.24, 2.45) is 7.05 Å². The molecular weight excluding hydrogens is 274 g/mol. The first-order valence-corrected chi connectivity index (χ1v) is 6.02. The summed E-state index contributed by atoms with van der Waals surface area (Å²) in [4.78, 5) is 23.9. The first-order valence-electron chi connectivity index (χ1n) is 6.02. The number of nitrogens with zero attached hydrogens (tertiary/aromatic N) is 4. The van der Waals surface area contributed by atoms with Gasteiger partial charge in [0, 0.05) is 11.6 Å². The Morgan fingerprint density at radius 1 is 1.38 bits per heavy atom. The van der Waals surface area contributed by atoms with Gasteiger partial charge in [0.1, 0.15) is 0 Å². The van der Waals surface area contributed by atoms with Crippen LogP contribution in [0, 0.1) is 6.92 Å². The van der Waals surface area contributed by atoms with Crippen molar-refractivity contribution in [1.82, 2.24) is 20.2 Å². The number of hydrogen-bond acceptors (Lipinski definition) is 5. The summed E-state index contributed by atoms with van der Waals surface area (Å²) < 4.78 is 0. The van der Waals surface area contributed by atoms with Crippen molar-refractivity contribution in [2.45, 2.75) is 6.92 Å². The number of rotatable bonds is 4. The average molecular weight is 287 g/mol. The van der Waals surface area contributed by atoms with Crippen molar-refractivity contribution in [3.63, 3.8) is 0 Å². The van der Waals surface area contributed by atoms with E-state index in [1.807, 2.05) is 0 Å². The lowest BCUT2D eigenvalue weighted by molar-refractivity contribution is -0.131. The van der Waals surface area contributed by atoms with E-state index in [-0.39, 0.29) is 11.9 Å². The highest BCUT2D eigenvalue weighted by molar-refractivity contribution is 6.04. The number of nitrogens with one attached hydrogen (secondary N) is 1. The van der Waals surface area contributed by atoms with Crippen LogP contribution in [0.3, 0.4) is 0 Å². The van der Waals surface area contributed by atoms with Crippen molar-refractivity contribution < 1.29 is 14.7 Å². The number of amides is 1. The number of hydrogen-bond donors (Lipinski definition) is 2. The van der Waals surface area contributed by atoms with Gasteiger partial charge in [0.2, 0.25) is 0 Å². The van der Waals surface area contributed by atoms with Gasteiger partial charge in [-0.1, -0.05) is 17.2 Å². The van der Waals surface area contributed by atoms with E-state index in [0.717, 1.165) is 11.6 Å². The molecule has 108 valence electrons. The maximum absolute atomic E-state index is 12.2. The Kier molecular flexibility index (Phi) is 4.07. The standard InChI is InChI=1S/C13H13N5O3/c1-8-3-4-9(5-6-11(19)20)7-10(8)12(21)14-13-15-17-18(2)16-13/h3-7H,1-2H3,(H,19,20)(H,14,16,21)/b6-5+. The third kappa shape index (κ3) is 3.72. The van der Waals surface area contributed by atoms with Crippen LogP contribution in [0.15, 0.2) is 24.3 Å². The van der Waals surface area contributed by atoms with Crippen LogP contribution >= 0.6 is 0 Å². The number of carboxylic acid groups (broad SMARTS) is 1. The molecule has 0 fully saturated rings. The fraction of sp³-hybridized carbons (Fsp3) is 0.154. The minimum absolute atomic E-state index is 0.105. The van der Waals surface area contributed by atoms with Gasteiger partial charge in [-0.3, -0.25) is 10.1 Å². The molecule has 2 rings (SSSR count). The molecule has 0 saturated heterocycles. The van der Waals surface area contributed by atoms with E-state index >= 15 is 0 Å². The van der Waals surface area contributed by atoms with E-state index in [1.165, 1.54) is 10.9 Å². The monoisotopic (exact) mass is 287 g/mol. The number of benzene rings is 1. The highest BCUT2D eigenvalue weighted by atomic mass is 16.4. The first-order chi connectivity index (χ1) is 9.95. The molecule has 1 heterocycles. The van der Waals surface area contributed by atoms with Gasteiger partial charge in [0.15, 0.2) is 0 Å². The number of tetrazole rings is 1. The quantitative estimate of drug-likeness (QED) is 0.807. The van der Waals surface area contributed by atoms with Gasteiger partial charge in [0.25, 0.3) is 11.9 Å². The molecule has 0 atom stereocenters. The summed E-state index contributed by atoms with van der Waals surface area (Å²) in [5.74, 6) is -1.33. The molecular formula is C13H13N5O3. The zero-order valence-electron chi connectivity index (χ0n) is 11.4. The highest BCUT2D eigenvalue weighted by Gasteiger charge is 2.12. The molecule has 0 aliphatic carbocycles. The SMILES string of the molecule is Cc1ccc(/C=C/C(=O)O)cc1C(=O)Nc1nnn(C)n1. The Hall–Kier alpha value is -3.03. The average Bonchev–Trinajstić information content (AvgIpc) is 2.83. The van der Waals surface area contributed by atoms with Gasteiger partial charge in [0.05, 0.1) is 7.05 Å². The minimum atomic E-state index is -1.05. The molecule has 21 heavy (non-hydrogen) atoms. The Balaban J connectivity index is 2.23. The van der Waals surface area contributed by atoms with Gasteiger partial charge >= 0.3 is 5.97 Å². The molecule has 0 spiro atoms. The van der Waals surface area contributed by atoms with E-state index < -0.39 is 5.97 Å². The zero-order chi connectivity index (χ0) is 15.4. The summed E-state index contributed by atoms with van der Waals surface area (Å²) in [7, 11) is 1.59. The number of carbonyl (C=O) groups is 2. The molecule has 0 bridgehead atoms. The van der Waals surface area contributed by atoms with E-state index in [4.69, 9.17) is 5.11 Å². The van der Waals surface area contributed by atoms with Crippen LogP contribution in [0.2, 0.25) is 0 Å². The number of carboxylic acids is 1. The number of aryl methyl sites for hydroxylation is 2. The van der Waals surface area contributed by atoms with Gasteiger partial charge in [-0.05, 0) is 35.4 Å². The predicted molar refractivity (Wildman–Crippen MR) is 74.6 cm³/mol. The zero-order valence-corrected chi connectivity index (χ0v) is 11.4. The smallest absolute Gasteiger partial charge is 0.328 e. The molecule has 0 aliphatic rings. The number of aromatic nitrogens is 4. The van der Waals surface area contributed by atoms with Crippen LogP contribution < -0.4 is 5.32 Å². The molecule has 8 heteroatoms. The molecule has 0 saturated carbocycles. The van der Waals surface area contributed by atoms with E-state index in [2.05, 4.69) is 20.7 Å². The molecule has 0 radical (unpaired) electrons. The highest BCUT2D eigenvalue weighted by Crippen LogP contribution is 2.14. The number of aliphatic carboxylic acids is 1. The largest absolute Gasteiger partial charge is 0.478 e. The lowest BCUT2D eigenvalue weighted by Gasteiger charge is -2.06. The molecule has 1 aromatic heterocycles. The molecule has 1 amide bonds. The molecule has 8 nitrogen and oxygen atoms in total. The molecule has 2 aromatic rings. The van der Waals surface area contributed by atoms with E-state index in [0.29, 0.717) is 11.1 Å². The van der Waals surface area contributed by atoms with Gasteiger partial charge < -0.3 is 5.11 Å². The van der Waals surface area contributed by atoms with Gasteiger partial charge in [-0.15, -0.1) is 5.10 Å². The number of carbonyl (C=O) groups excluding carboxylic acids is 1. The van der Waals surface area contributed by atoms with Crippen LogP contribution in [0.4, 0.5) is 5.95 Å². The third-order valence-corrected chi connectivity index (χ3v) is 2.66. The van der Waals surface area contributed by atoms with Crippen LogP contribution in [-0.2, 0) is 11.8 Å². The topological polar surface area (TPSA) is 110 Å². The minimum Gasteiger partial charge on any atom is -0.478 e. The second-order valence-corrected chi connectivity index (χ2v) is 4.30. The summed E-state index contributed by atoms with van der Waals surface area (Å²) in [6.45, 7) is 1.78. The predicted octanol–water partition coefficient (Wildman–Crippen LogP) is 0.869. The van der Waals surface area contributed by atoms with Crippen LogP contribution in [0.5, 0.6) is 0 Å². The Bertz CT molecular complexity index is 720. The number of anilines is 1. The van der Waals surface area contributed by atoms with Gasteiger partial charge in [-0.25, -0.2) is 4.79 Å². The lowest BCUT2D eigenvalue weighted by Crippen LogP contribution is -2.14. The van der Waals surface area contributed by atoms with Crippen LogP contribution in [0.1, 0.15) is 21.5 Å². The van der Waals surface area contributed by atoms with Gasteiger partial charge in [-0.2, -0.15) is 4.80 Å². The van der Waals surface area contributed by atoms with E-state index in [9.17, 15) is 9.59 Å². The third-order valence-electron chi connectivity index (χ3n) is 2.66. The fourth-order valence-electron chi connectivity index (χ4n) is 1.66. The van der Waals surface area contributed by atoms with Crippen molar-refractivity contribution in [1.29, 1.82) is 0 Å². The van der Waals surface area contributed by atoms with Crippen molar-refractivity contribution in [3.05, 3.63) is 41.0 Å². The van der Waals surface area contributed by atoms with Crippen molar-refractivity contribution in [2.75, 3.05) is 5.32 Å². The Morgan fingerprint density at radius 3 is 2.76 bits per heavy atom. The molecule has 2 N–H and O–H groups in total. The normalized spacial score (nSPS) is 10.8. The van der Waals surface area contributed by atoms with E-state index in [1.54, 1.807) is 32.2 Å². The van der Waals surface area contributed by atoms with Crippen LogP contribution in [-0.4, -0.2) is 37.2 Å². The molecule has 0 unspecified atom stereocenters. The van der Waals surface area contributed by atoms with Crippen molar-refractivity contribution >= 4 is 23.9 Å². The fourth-order valence-corrected chi connectivity index (χ4v) is 1.66. The maximum Gasteiger partial charge on any atom is 0.328 e. The molecule has 1 aromatic carbocycles. The summed E-state index contributed by atoms with van der Waals surface area (Å²) in [5.41, 5.74) is 1.78. The molecule has 0 aliphatic heterocycles. The maximum atomic E-state index is 12.2. The first kappa shape index (κ1) is 14.4. The van der Waals surface area contributed by atoms with Crippen molar-refractivity contribution in [3.8, 4) is 0 Å². The Labute approximate surface area is 120 Å². The second-order valence-electron chi connectivity index (χ2n) is 4.30. The second kappa shape index (κ2) is 5.95. The summed E-state index contributed by atoms with van der Waals surface area (Å²) in [6.07, 6.45) is 2.43. The summed E-state index contributed by atoms with van der Waals surface area (Å²) in [5, 5.41) is 22.3. The lowest BCUT2D eigenvalue weighted by atomic mass is 10.0. The Morgan fingerprint density at radius 2 is 2.14 bits per heavy atom.